The average molecular weight is 368 g/mol. The molecule has 0 bridgehead atoms. The third kappa shape index (κ3) is 2.76. The second kappa shape index (κ2) is 4.46. The number of rotatable bonds is 2. The van der Waals surface area contributed by atoms with Gasteiger partial charge >= 0.3 is 0 Å². The lowest BCUT2D eigenvalue weighted by Crippen LogP contribution is -2.05. The second-order valence-corrected chi connectivity index (χ2v) is 6.29. The van der Waals surface area contributed by atoms with Crippen molar-refractivity contribution in [3.8, 4) is 0 Å². The second-order valence-electron chi connectivity index (χ2n) is 2.71. The number of nitrogens with zero attached hydrogens (tertiary/aromatic N) is 1. The van der Waals surface area contributed by atoms with Crippen LogP contribution in [0, 0.1) is 10.5 Å². The van der Waals surface area contributed by atoms with Crippen molar-refractivity contribution in [3.05, 3.63) is 21.0 Å². The van der Waals surface area contributed by atoms with Gasteiger partial charge in [-0.25, -0.2) is 17.2 Å². The highest BCUT2D eigenvalue weighted by molar-refractivity contribution is 14.1. The molecule has 0 fully saturated rings. The van der Waals surface area contributed by atoms with E-state index < -0.39 is 21.2 Å². The van der Waals surface area contributed by atoms with E-state index in [1.165, 1.54) is 29.5 Å². The summed E-state index contributed by atoms with van der Waals surface area (Å²) in [6.45, 7) is 1.44. The van der Waals surface area contributed by atoms with Crippen molar-refractivity contribution in [3.63, 3.8) is 0 Å². The Kier molecular flexibility index (Phi) is 3.88. The molecular weight excluding hydrogens is 363 g/mol. The quantitative estimate of drug-likeness (QED) is 0.596. The van der Waals surface area contributed by atoms with Crippen molar-refractivity contribution in [2.45, 2.75) is 18.2 Å². The van der Waals surface area contributed by atoms with Crippen LogP contribution >= 0.6 is 33.3 Å². The standard InChI is InChI=1S/C7H5ClF2INO2S/c1-3-2-12-5(7(9)10)4(11)6(3)15(8,13)14/h2,7H,1H3. The maximum atomic E-state index is 12.4. The van der Waals surface area contributed by atoms with Gasteiger partial charge in [-0.15, -0.1) is 0 Å². The minimum atomic E-state index is -4.03. The predicted octanol–water partition coefficient (Wildman–Crippen LogP) is 2.86. The van der Waals surface area contributed by atoms with Gasteiger partial charge in [-0.2, -0.15) is 0 Å². The number of alkyl halides is 2. The summed E-state index contributed by atoms with van der Waals surface area (Å²) >= 11 is 1.50. The molecule has 0 saturated heterocycles. The molecule has 0 unspecified atom stereocenters. The highest BCUT2D eigenvalue weighted by Crippen LogP contribution is 2.31. The minimum Gasteiger partial charge on any atom is -0.254 e. The Morgan fingerprint density at radius 1 is 1.53 bits per heavy atom. The van der Waals surface area contributed by atoms with E-state index in [0.717, 1.165) is 6.20 Å². The van der Waals surface area contributed by atoms with E-state index in [9.17, 15) is 17.2 Å². The van der Waals surface area contributed by atoms with Crippen molar-refractivity contribution in [2.75, 3.05) is 0 Å². The summed E-state index contributed by atoms with van der Waals surface area (Å²) in [5, 5.41) is 0. The van der Waals surface area contributed by atoms with Crippen LogP contribution < -0.4 is 0 Å². The zero-order valence-electron chi connectivity index (χ0n) is 7.34. The molecule has 0 spiro atoms. The summed E-state index contributed by atoms with van der Waals surface area (Å²) in [6.07, 6.45) is -1.76. The minimum absolute atomic E-state index is 0.127. The lowest BCUT2D eigenvalue weighted by atomic mass is 10.3. The Morgan fingerprint density at radius 3 is 2.47 bits per heavy atom. The molecule has 0 saturated carbocycles. The fourth-order valence-corrected chi connectivity index (χ4v) is 4.44. The normalized spacial score (nSPS) is 12.1. The van der Waals surface area contributed by atoms with E-state index in [-0.39, 0.29) is 14.0 Å². The summed E-state index contributed by atoms with van der Waals surface area (Å²) in [7, 11) is 1.11. The van der Waals surface area contributed by atoms with Crippen molar-refractivity contribution in [1.82, 2.24) is 4.98 Å². The molecule has 0 aliphatic rings. The SMILES string of the molecule is Cc1cnc(C(F)F)c(I)c1S(=O)(=O)Cl. The van der Waals surface area contributed by atoms with Gasteiger partial charge in [0.2, 0.25) is 0 Å². The molecule has 1 heterocycles. The Hall–Kier alpha value is -0.0200. The molecule has 3 nitrogen and oxygen atoms in total. The highest BCUT2D eigenvalue weighted by Gasteiger charge is 2.24. The zero-order chi connectivity index (χ0) is 11.8. The van der Waals surface area contributed by atoms with Crippen LogP contribution in [-0.2, 0) is 9.05 Å². The summed E-state index contributed by atoms with van der Waals surface area (Å²) in [5.41, 5.74) is -0.320. The fourth-order valence-electron chi connectivity index (χ4n) is 1.02. The topological polar surface area (TPSA) is 47.0 Å². The molecule has 0 aromatic carbocycles. The molecule has 0 atom stereocenters. The Bertz CT molecular complexity index is 492. The first-order valence-electron chi connectivity index (χ1n) is 3.63. The molecule has 0 aliphatic heterocycles. The van der Waals surface area contributed by atoms with Crippen LogP contribution in [0.4, 0.5) is 8.78 Å². The molecule has 1 aromatic heterocycles. The van der Waals surface area contributed by atoms with E-state index in [2.05, 4.69) is 4.98 Å². The first-order chi connectivity index (χ1) is 6.75. The third-order valence-corrected chi connectivity index (χ3v) is 4.56. The third-order valence-electron chi connectivity index (χ3n) is 1.63. The van der Waals surface area contributed by atoms with Crippen molar-refractivity contribution >= 4 is 42.3 Å². The van der Waals surface area contributed by atoms with Crippen LogP contribution in [0.2, 0.25) is 0 Å². The van der Waals surface area contributed by atoms with Gasteiger partial charge in [0.1, 0.15) is 10.6 Å². The molecule has 0 N–H and O–H groups in total. The lowest BCUT2D eigenvalue weighted by Gasteiger charge is -2.08. The number of hydrogen-bond donors (Lipinski definition) is 0. The maximum Gasteiger partial charge on any atom is 0.281 e. The van der Waals surface area contributed by atoms with Crippen LogP contribution in [0.1, 0.15) is 17.7 Å². The Balaban J connectivity index is 3.59. The summed E-state index contributed by atoms with van der Waals surface area (Å²) in [5.74, 6) is 0. The molecule has 84 valence electrons. The molecule has 8 heteroatoms. The fraction of sp³-hybridized carbons (Fsp3) is 0.286. The van der Waals surface area contributed by atoms with Gasteiger partial charge in [-0.05, 0) is 35.1 Å². The van der Waals surface area contributed by atoms with Gasteiger partial charge < -0.3 is 0 Å². The van der Waals surface area contributed by atoms with Crippen LogP contribution in [0.5, 0.6) is 0 Å². The van der Waals surface area contributed by atoms with E-state index in [1.54, 1.807) is 0 Å². The van der Waals surface area contributed by atoms with Crippen LogP contribution in [0.15, 0.2) is 11.1 Å². The molecule has 0 amide bonds. The van der Waals surface area contributed by atoms with Gasteiger partial charge in [0.25, 0.3) is 15.5 Å². The van der Waals surface area contributed by atoms with Crippen LogP contribution in [-0.4, -0.2) is 13.4 Å². The van der Waals surface area contributed by atoms with E-state index >= 15 is 0 Å². The Morgan fingerprint density at radius 2 is 2.07 bits per heavy atom. The number of aryl methyl sites for hydroxylation is 1. The predicted molar refractivity (Wildman–Crippen MR) is 59.7 cm³/mol. The van der Waals surface area contributed by atoms with Gasteiger partial charge in [0.05, 0.1) is 3.57 Å². The zero-order valence-corrected chi connectivity index (χ0v) is 11.1. The molecule has 1 rings (SSSR count). The average Bonchev–Trinajstić information content (AvgIpc) is 2.00. The summed E-state index contributed by atoms with van der Waals surface area (Å²) in [4.78, 5) is 3.17. The first kappa shape index (κ1) is 13.0. The van der Waals surface area contributed by atoms with Crippen molar-refractivity contribution in [1.29, 1.82) is 0 Å². The van der Waals surface area contributed by atoms with Gasteiger partial charge in [-0.1, -0.05) is 0 Å². The van der Waals surface area contributed by atoms with Gasteiger partial charge in [0.15, 0.2) is 0 Å². The molecule has 0 aliphatic carbocycles. The maximum absolute atomic E-state index is 12.4. The van der Waals surface area contributed by atoms with Gasteiger partial charge in [0, 0.05) is 16.9 Å². The monoisotopic (exact) mass is 367 g/mol. The van der Waals surface area contributed by atoms with E-state index in [1.807, 2.05) is 0 Å². The number of aromatic nitrogens is 1. The highest BCUT2D eigenvalue weighted by atomic mass is 127. The van der Waals surface area contributed by atoms with E-state index in [4.69, 9.17) is 10.7 Å². The molecular formula is C7H5ClF2INO2S. The first-order valence-corrected chi connectivity index (χ1v) is 7.01. The number of halogens is 4. The summed E-state index contributed by atoms with van der Waals surface area (Å²) < 4.78 is 47.0. The van der Waals surface area contributed by atoms with Gasteiger partial charge in [-0.3, -0.25) is 4.98 Å². The molecule has 1 aromatic rings. The Labute approximate surface area is 103 Å². The molecule has 0 radical (unpaired) electrons. The number of hydrogen-bond acceptors (Lipinski definition) is 3. The van der Waals surface area contributed by atoms with Crippen LogP contribution in [0.3, 0.4) is 0 Å². The van der Waals surface area contributed by atoms with Crippen molar-refractivity contribution < 1.29 is 17.2 Å². The van der Waals surface area contributed by atoms with Crippen molar-refractivity contribution in [2.24, 2.45) is 0 Å². The number of pyridine rings is 1. The van der Waals surface area contributed by atoms with E-state index in [0.29, 0.717) is 0 Å². The van der Waals surface area contributed by atoms with Crippen LogP contribution in [0.25, 0.3) is 0 Å². The largest absolute Gasteiger partial charge is 0.281 e. The molecule has 15 heavy (non-hydrogen) atoms. The summed E-state index contributed by atoms with van der Waals surface area (Å²) in [6, 6.07) is 0. The lowest BCUT2D eigenvalue weighted by molar-refractivity contribution is 0.144. The smallest absolute Gasteiger partial charge is 0.254 e.